The fourth-order valence-corrected chi connectivity index (χ4v) is 2.62. The average molecular weight is 365 g/mol. The zero-order valence-electron chi connectivity index (χ0n) is 15.5. The second kappa shape index (κ2) is 8.89. The van der Waals surface area contributed by atoms with E-state index in [9.17, 15) is 4.79 Å². The van der Waals surface area contributed by atoms with Crippen LogP contribution in [0.1, 0.15) is 29.9 Å². The Labute approximate surface area is 158 Å². The fourth-order valence-electron chi connectivity index (χ4n) is 2.62. The summed E-state index contributed by atoms with van der Waals surface area (Å²) in [4.78, 5) is 12.3. The number of carbonyl (C=O) groups excluding carboxylic acids is 1. The van der Waals surface area contributed by atoms with Gasteiger partial charge in [-0.25, -0.2) is 0 Å². The first kappa shape index (κ1) is 18.5. The maximum absolute atomic E-state index is 12.3. The van der Waals surface area contributed by atoms with Gasteiger partial charge in [0.05, 0.1) is 18.9 Å². The summed E-state index contributed by atoms with van der Waals surface area (Å²) in [6.45, 7) is 5.58. The maximum Gasteiger partial charge on any atom is 0.269 e. The number of ether oxygens (including phenoxy) is 2. The van der Waals surface area contributed by atoms with Crippen LogP contribution in [0.3, 0.4) is 0 Å². The first-order valence-corrected chi connectivity index (χ1v) is 8.98. The number of H-pyrrole nitrogens is 1. The Balaban J connectivity index is 1.59. The van der Waals surface area contributed by atoms with Gasteiger partial charge in [0.1, 0.15) is 17.2 Å². The molecule has 2 N–H and O–H groups in total. The van der Waals surface area contributed by atoms with Crippen molar-refractivity contribution in [3.05, 3.63) is 65.9 Å². The van der Waals surface area contributed by atoms with E-state index in [1.807, 2.05) is 62.4 Å². The number of aromatic nitrogens is 2. The summed E-state index contributed by atoms with van der Waals surface area (Å²) in [7, 11) is 0. The molecule has 0 atom stereocenters. The molecule has 0 unspecified atom stereocenters. The number of amides is 1. The third-order valence-corrected chi connectivity index (χ3v) is 3.97. The molecule has 6 nitrogen and oxygen atoms in total. The SMILES string of the molecule is CCOc1ccc(CNC(=O)c2cc(-c3ccc(OCC)cc3)n[nH]2)cc1. The monoisotopic (exact) mass is 365 g/mol. The number of aromatic amines is 1. The molecule has 0 spiro atoms. The van der Waals surface area contributed by atoms with Crippen molar-refractivity contribution in [1.82, 2.24) is 15.5 Å². The number of carbonyl (C=O) groups is 1. The quantitative estimate of drug-likeness (QED) is 0.636. The Hall–Kier alpha value is -3.28. The normalized spacial score (nSPS) is 10.4. The van der Waals surface area contributed by atoms with Gasteiger partial charge < -0.3 is 14.8 Å². The molecule has 0 bridgehead atoms. The first-order valence-electron chi connectivity index (χ1n) is 8.98. The molecule has 1 aromatic heterocycles. The molecule has 2 aromatic carbocycles. The van der Waals surface area contributed by atoms with E-state index >= 15 is 0 Å². The van der Waals surface area contributed by atoms with Gasteiger partial charge in [-0.05, 0) is 61.9 Å². The van der Waals surface area contributed by atoms with Crippen molar-refractivity contribution in [1.29, 1.82) is 0 Å². The zero-order chi connectivity index (χ0) is 19.1. The number of nitrogens with zero attached hydrogens (tertiary/aromatic N) is 1. The van der Waals surface area contributed by atoms with E-state index in [1.54, 1.807) is 6.07 Å². The molecular weight excluding hydrogens is 342 g/mol. The van der Waals surface area contributed by atoms with Crippen molar-refractivity contribution < 1.29 is 14.3 Å². The van der Waals surface area contributed by atoms with Crippen molar-refractivity contribution in [2.45, 2.75) is 20.4 Å². The standard InChI is InChI=1S/C21H23N3O3/c1-3-26-17-9-5-15(6-10-17)14-22-21(25)20-13-19(23-24-20)16-7-11-18(12-8-16)27-4-2/h5-13H,3-4,14H2,1-2H3,(H,22,25)(H,23,24). The Bertz CT molecular complexity index is 870. The minimum absolute atomic E-state index is 0.200. The van der Waals surface area contributed by atoms with Crippen LogP contribution in [0, 0.1) is 0 Å². The minimum Gasteiger partial charge on any atom is -0.494 e. The average Bonchev–Trinajstić information content (AvgIpc) is 3.19. The smallest absolute Gasteiger partial charge is 0.269 e. The highest BCUT2D eigenvalue weighted by atomic mass is 16.5. The van der Waals surface area contributed by atoms with Crippen LogP contribution in [-0.4, -0.2) is 29.3 Å². The summed E-state index contributed by atoms with van der Waals surface area (Å²) in [5, 5.41) is 9.91. The zero-order valence-corrected chi connectivity index (χ0v) is 15.5. The molecule has 1 amide bonds. The van der Waals surface area contributed by atoms with Gasteiger partial charge in [-0.3, -0.25) is 9.89 Å². The largest absolute Gasteiger partial charge is 0.494 e. The van der Waals surface area contributed by atoms with Crippen LogP contribution in [0.25, 0.3) is 11.3 Å². The van der Waals surface area contributed by atoms with Crippen LogP contribution < -0.4 is 14.8 Å². The third kappa shape index (κ3) is 4.88. The highest BCUT2D eigenvalue weighted by Gasteiger charge is 2.11. The lowest BCUT2D eigenvalue weighted by atomic mass is 10.1. The Morgan fingerprint density at radius 1 is 0.963 bits per heavy atom. The molecule has 1 heterocycles. The molecule has 0 saturated heterocycles. The highest BCUT2D eigenvalue weighted by Crippen LogP contribution is 2.21. The molecule has 3 rings (SSSR count). The topological polar surface area (TPSA) is 76.2 Å². The molecule has 3 aromatic rings. The summed E-state index contributed by atoms with van der Waals surface area (Å²) in [5.74, 6) is 1.43. The summed E-state index contributed by atoms with van der Waals surface area (Å²) < 4.78 is 10.8. The lowest BCUT2D eigenvalue weighted by molar-refractivity contribution is 0.0946. The van der Waals surface area contributed by atoms with Crippen LogP contribution in [0.4, 0.5) is 0 Å². The lowest BCUT2D eigenvalue weighted by Gasteiger charge is -2.06. The second-order valence-corrected chi connectivity index (χ2v) is 5.88. The van der Waals surface area contributed by atoms with Crippen LogP contribution in [0.2, 0.25) is 0 Å². The lowest BCUT2D eigenvalue weighted by Crippen LogP contribution is -2.23. The van der Waals surface area contributed by atoms with Crippen molar-refractivity contribution in [3.63, 3.8) is 0 Å². The van der Waals surface area contributed by atoms with Gasteiger partial charge in [0.25, 0.3) is 5.91 Å². The van der Waals surface area contributed by atoms with Gasteiger partial charge in [-0.1, -0.05) is 12.1 Å². The van der Waals surface area contributed by atoms with Gasteiger partial charge in [0.2, 0.25) is 0 Å². The maximum atomic E-state index is 12.3. The summed E-state index contributed by atoms with van der Waals surface area (Å²) in [6, 6.07) is 17.0. The molecule has 0 aliphatic carbocycles. The van der Waals surface area contributed by atoms with Gasteiger partial charge in [0.15, 0.2) is 0 Å². The molecule has 0 saturated carbocycles. The molecule has 0 radical (unpaired) electrons. The van der Waals surface area contributed by atoms with E-state index in [-0.39, 0.29) is 5.91 Å². The number of benzene rings is 2. The molecule has 6 heteroatoms. The molecule has 0 fully saturated rings. The minimum atomic E-state index is -0.200. The third-order valence-electron chi connectivity index (χ3n) is 3.97. The van der Waals surface area contributed by atoms with Crippen molar-refractivity contribution in [2.24, 2.45) is 0 Å². The highest BCUT2D eigenvalue weighted by molar-refractivity contribution is 5.93. The predicted molar refractivity (Wildman–Crippen MR) is 104 cm³/mol. The van der Waals surface area contributed by atoms with E-state index in [0.717, 1.165) is 22.6 Å². The number of hydrogen-bond acceptors (Lipinski definition) is 4. The molecule has 27 heavy (non-hydrogen) atoms. The Kier molecular flexibility index (Phi) is 6.10. The molecule has 0 aliphatic rings. The van der Waals surface area contributed by atoms with Crippen molar-refractivity contribution in [3.8, 4) is 22.8 Å². The molecular formula is C21H23N3O3. The predicted octanol–water partition coefficient (Wildman–Crippen LogP) is 3.80. The first-order chi connectivity index (χ1) is 13.2. The van der Waals surface area contributed by atoms with Gasteiger partial charge in [0, 0.05) is 12.1 Å². The fraction of sp³-hybridized carbons (Fsp3) is 0.238. The van der Waals surface area contributed by atoms with Crippen molar-refractivity contribution >= 4 is 5.91 Å². The van der Waals surface area contributed by atoms with Gasteiger partial charge >= 0.3 is 0 Å². The Morgan fingerprint density at radius 3 is 2.15 bits per heavy atom. The molecule has 0 aliphatic heterocycles. The van der Waals surface area contributed by atoms with E-state index in [1.165, 1.54) is 0 Å². The van der Waals surface area contributed by atoms with E-state index in [4.69, 9.17) is 9.47 Å². The second-order valence-electron chi connectivity index (χ2n) is 5.88. The van der Waals surface area contributed by atoms with Crippen LogP contribution in [0.15, 0.2) is 54.6 Å². The van der Waals surface area contributed by atoms with E-state index in [2.05, 4.69) is 15.5 Å². The number of nitrogens with one attached hydrogen (secondary N) is 2. The van der Waals surface area contributed by atoms with Gasteiger partial charge in [-0.2, -0.15) is 5.10 Å². The van der Waals surface area contributed by atoms with Gasteiger partial charge in [-0.15, -0.1) is 0 Å². The number of hydrogen-bond donors (Lipinski definition) is 2. The summed E-state index contributed by atoms with van der Waals surface area (Å²) in [5.41, 5.74) is 3.05. The summed E-state index contributed by atoms with van der Waals surface area (Å²) >= 11 is 0. The van der Waals surface area contributed by atoms with E-state index < -0.39 is 0 Å². The molecule has 140 valence electrons. The Morgan fingerprint density at radius 2 is 1.56 bits per heavy atom. The van der Waals surface area contributed by atoms with E-state index in [0.29, 0.717) is 31.1 Å². The summed E-state index contributed by atoms with van der Waals surface area (Å²) in [6.07, 6.45) is 0. The van der Waals surface area contributed by atoms with Crippen LogP contribution >= 0.6 is 0 Å². The number of rotatable bonds is 8. The van der Waals surface area contributed by atoms with Crippen LogP contribution in [0.5, 0.6) is 11.5 Å². The van der Waals surface area contributed by atoms with Crippen molar-refractivity contribution in [2.75, 3.05) is 13.2 Å². The van der Waals surface area contributed by atoms with Crippen LogP contribution in [-0.2, 0) is 6.54 Å².